The predicted octanol–water partition coefficient (Wildman–Crippen LogP) is 6.01. The van der Waals surface area contributed by atoms with Crippen molar-refractivity contribution in [3.63, 3.8) is 0 Å². The second-order valence-electron chi connectivity index (χ2n) is 8.21. The minimum absolute atomic E-state index is 1.03. The van der Waals surface area contributed by atoms with Gasteiger partial charge in [0.15, 0.2) is 0 Å². The van der Waals surface area contributed by atoms with Gasteiger partial charge in [-0.2, -0.15) is 7.82 Å². The maximum absolute atomic E-state index is 8.55. The van der Waals surface area contributed by atoms with E-state index in [0.29, 0.717) is 0 Å². The van der Waals surface area contributed by atoms with Gasteiger partial charge >= 0.3 is 0 Å². The Balaban J connectivity index is 0. The van der Waals surface area contributed by atoms with E-state index < -0.39 is 7.82 Å². The zero-order chi connectivity index (χ0) is 23.5. The molecule has 0 amide bonds. The van der Waals surface area contributed by atoms with Crippen LogP contribution in [0.15, 0.2) is 0 Å². The molecule has 0 aromatic rings. The predicted molar refractivity (Wildman–Crippen MR) is 127 cm³/mol. The Kier molecular flexibility index (Phi) is 28.5. The Morgan fingerprint density at radius 2 is 0.710 bits per heavy atom. The van der Waals surface area contributed by atoms with Gasteiger partial charge in [0.1, 0.15) is 0 Å². The minimum atomic E-state index is -5.39. The SMILES string of the molecule is CCCCCCCCCC#CC#CCCCCCCCCCCCCC.O=P([O-])([O-])[O-]. The Hall–Kier alpha value is -0.770. The van der Waals surface area contributed by atoms with Crippen LogP contribution in [0.25, 0.3) is 0 Å². The molecule has 31 heavy (non-hydrogen) atoms. The van der Waals surface area contributed by atoms with Crippen LogP contribution in [-0.2, 0) is 4.57 Å². The first-order chi connectivity index (χ1) is 14.9. The van der Waals surface area contributed by atoms with E-state index in [9.17, 15) is 0 Å². The second kappa shape index (κ2) is 27.3. The molecular formula is C26H46O4P-3. The van der Waals surface area contributed by atoms with Gasteiger partial charge in [-0.05, 0) is 24.7 Å². The summed E-state index contributed by atoms with van der Waals surface area (Å²) in [7, 11) is -5.39. The molecule has 0 radical (unpaired) electrons. The van der Waals surface area contributed by atoms with Crippen molar-refractivity contribution in [1.29, 1.82) is 0 Å². The highest BCUT2D eigenvalue weighted by Crippen LogP contribution is 2.11. The van der Waals surface area contributed by atoms with Gasteiger partial charge in [0, 0.05) is 12.8 Å². The first-order valence-electron chi connectivity index (χ1n) is 12.6. The Labute approximate surface area is 193 Å². The molecule has 0 aliphatic heterocycles. The van der Waals surface area contributed by atoms with Crippen LogP contribution in [0, 0.1) is 23.7 Å². The lowest BCUT2D eigenvalue weighted by atomic mass is 10.1. The van der Waals surface area contributed by atoms with E-state index in [1.807, 2.05) is 0 Å². The number of hydrogen-bond donors (Lipinski definition) is 0. The van der Waals surface area contributed by atoms with Crippen molar-refractivity contribution in [3.05, 3.63) is 0 Å². The largest absolute Gasteiger partial charge is 0.822 e. The summed E-state index contributed by atoms with van der Waals surface area (Å²) in [6, 6.07) is 0. The van der Waals surface area contributed by atoms with Gasteiger partial charge < -0.3 is 19.2 Å². The van der Waals surface area contributed by atoms with E-state index in [0.717, 1.165) is 12.8 Å². The fourth-order valence-corrected chi connectivity index (χ4v) is 3.26. The molecule has 0 spiro atoms. The Bertz CT molecular complexity index is 511. The fraction of sp³-hybridized carbons (Fsp3) is 0.846. The highest BCUT2D eigenvalue weighted by molar-refractivity contribution is 7.40. The van der Waals surface area contributed by atoms with Crippen molar-refractivity contribution >= 4 is 7.82 Å². The molecule has 0 saturated carbocycles. The topological polar surface area (TPSA) is 86.2 Å². The Morgan fingerprint density at radius 1 is 0.484 bits per heavy atom. The third-order valence-corrected chi connectivity index (χ3v) is 5.05. The van der Waals surface area contributed by atoms with Gasteiger partial charge in [-0.25, -0.2) is 0 Å². The number of phosphoric acid groups is 1. The van der Waals surface area contributed by atoms with Gasteiger partial charge in [0.2, 0.25) is 0 Å². The minimum Gasteiger partial charge on any atom is -0.822 e. The van der Waals surface area contributed by atoms with Gasteiger partial charge in [-0.15, -0.1) is 0 Å². The Morgan fingerprint density at radius 3 is 0.968 bits per heavy atom. The maximum Gasteiger partial charge on any atom is 0.00989 e. The van der Waals surface area contributed by atoms with Crippen LogP contribution in [0.3, 0.4) is 0 Å². The zero-order valence-electron chi connectivity index (χ0n) is 20.2. The summed E-state index contributed by atoms with van der Waals surface area (Å²) in [5.41, 5.74) is 0. The lowest BCUT2D eigenvalue weighted by Gasteiger charge is -2.36. The van der Waals surface area contributed by atoms with Gasteiger partial charge in [0.25, 0.3) is 0 Å². The number of unbranched alkanes of at least 4 members (excludes halogenated alkanes) is 18. The van der Waals surface area contributed by atoms with Crippen molar-refractivity contribution < 1.29 is 19.2 Å². The molecule has 5 heteroatoms. The summed E-state index contributed by atoms with van der Waals surface area (Å²) < 4.78 is 8.55. The highest BCUT2D eigenvalue weighted by atomic mass is 31.2. The molecular weight excluding hydrogens is 407 g/mol. The molecule has 0 aromatic heterocycles. The van der Waals surface area contributed by atoms with E-state index >= 15 is 0 Å². The van der Waals surface area contributed by atoms with Gasteiger partial charge in [-0.3, -0.25) is 0 Å². The van der Waals surface area contributed by atoms with Gasteiger partial charge in [-0.1, -0.05) is 128 Å². The van der Waals surface area contributed by atoms with Crippen LogP contribution in [0.2, 0.25) is 0 Å². The summed E-state index contributed by atoms with van der Waals surface area (Å²) in [4.78, 5) is 25.6. The van der Waals surface area contributed by atoms with Crippen LogP contribution >= 0.6 is 7.82 Å². The smallest absolute Gasteiger partial charge is 0.00989 e. The number of rotatable bonds is 18. The maximum atomic E-state index is 8.55. The van der Waals surface area contributed by atoms with E-state index in [-0.39, 0.29) is 0 Å². The van der Waals surface area contributed by atoms with Crippen LogP contribution in [0.4, 0.5) is 0 Å². The number of hydrogen-bond acceptors (Lipinski definition) is 4. The summed E-state index contributed by atoms with van der Waals surface area (Å²) in [6.07, 6.45) is 27.0. The van der Waals surface area contributed by atoms with Crippen LogP contribution in [-0.4, -0.2) is 0 Å². The quantitative estimate of drug-likeness (QED) is 0.144. The molecule has 0 N–H and O–H groups in total. The van der Waals surface area contributed by atoms with Crippen LogP contribution in [0.1, 0.15) is 142 Å². The monoisotopic (exact) mass is 453 g/mol. The lowest BCUT2D eigenvalue weighted by molar-refractivity contribution is -0.432. The molecule has 0 saturated heterocycles. The van der Waals surface area contributed by atoms with Crippen molar-refractivity contribution in [3.8, 4) is 23.7 Å². The van der Waals surface area contributed by atoms with E-state index in [1.165, 1.54) is 116 Å². The molecule has 0 aliphatic rings. The highest BCUT2D eigenvalue weighted by Gasteiger charge is 1.92. The molecule has 0 atom stereocenters. The zero-order valence-corrected chi connectivity index (χ0v) is 21.1. The summed E-state index contributed by atoms with van der Waals surface area (Å²) in [6.45, 7) is 4.56. The van der Waals surface area contributed by atoms with Crippen molar-refractivity contribution in [2.45, 2.75) is 142 Å². The van der Waals surface area contributed by atoms with Crippen LogP contribution in [0.5, 0.6) is 0 Å². The standard InChI is InChI=1S/C26H46.H3O4P/c1-3-5-7-9-11-13-15-17-19-21-23-25-26-24-22-20-18-16-14-12-10-8-6-4-2;1-5(2,3)4/h3-19,21,23,25H2,1-2H3;(H3,1,2,3,4)/p-3. The molecule has 0 fully saturated rings. The summed E-state index contributed by atoms with van der Waals surface area (Å²) in [5, 5.41) is 0. The average Bonchev–Trinajstić information content (AvgIpc) is 2.70. The third-order valence-electron chi connectivity index (χ3n) is 5.05. The van der Waals surface area contributed by atoms with Crippen molar-refractivity contribution in [2.75, 3.05) is 0 Å². The summed E-state index contributed by atoms with van der Waals surface area (Å²) >= 11 is 0. The van der Waals surface area contributed by atoms with Gasteiger partial charge in [0.05, 0.1) is 0 Å². The van der Waals surface area contributed by atoms with Crippen molar-refractivity contribution in [1.82, 2.24) is 0 Å². The van der Waals surface area contributed by atoms with E-state index in [2.05, 4.69) is 37.5 Å². The molecule has 0 aliphatic carbocycles. The first-order valence-corrected chi connectivity index (χ1v) is 14.1. The second-order valence-corrected chi connectivity index (χ2v) is 9.10. The molecule has 0 aromatic carbocycles. The molecule has 0 bridgehead atoms. The fourth-order valence-electron chi connectivity index (χ4n) is 3.26. The van der Waals surface area contributed by atoms with Crippen molar-refractivity contribution in [2.24, 2.45) is 0 Å². The molecule has 182 valence electrons. The lowest BCUT2D eigenvalue weighted by Crippen LogP contribution is -2.24. The third kappa shape index (κ3) is 43.9. The normalized spacial score (nSPS) is 10.4. The van der Waals surface area contributed by atoms with E-state index in [1.54, 1.807) is 0 Å². The first kappa shape index (κ1) is 32.4. The van der Waals surface area contributed by atoms with Crippen LogP contribution < -0.4 is 14.7 Å². The molecule has 4 nitrogen and oxygen atoms in total. The molecule has 0 unspecified atom stereocenters. The molecule has 0 rings (SSSR count). The van der Waals surface area contributed by atoms with E-state index in [4.69, 9.17) is 19.2 Å². The average molecular weight is 454 g/mol. The molecule has 0 heterocycles. The summed E-state index contributed by atoms with van der Waals surface area (Å²) in [5.74, 6) is 12.5.